The van der Waals surface area contributed by atoms with Crippen LogP contribution in [0.5, 0.6) is 0 Å². The Morgan fingerprint density at radius 2 is 1.97 bits per heavy atom. The second kappa shape index (κ2) is 9.41. The molecule has 1 aromatic heterocycles. The number of fused-ring (bicyclic) bond motifs is 1. The predicted octanol–water partition coefficient (Wildman–Crippen LogP) is 3.19. The number of aromatic nitrogens is 1. The zero-order chi connectivity index (χ0) is 21.8. The van der Waals surface area contributed by atoms with Crippen molar-refractivity contribution >= 4 is 34.3 Å². The Bertz CT molecular complexity index is 1160. The lowest BCUT2D eigenvalue weighted by Gasteiger charge is -2.36. The third kappa shape index (κ3) is 5.18. The van der Waals surface area contributed by atoms with E-state index in [0.717, 1.165) is 37.7 Å². The molecule has 0 aliphatic carbocycles. The smallest absolute Gasteiger partial charge is 0.408 e. The lowest BCUT2D eigenvalue weighted by Crippen LogP contribution is -2.46. The van der Waals surface area contributed by atoms with Crippen molar-refractivity contribution in [3.05, 3.63) is 75.3 Å². The minimum absolute atomic E-state index is 0.195. The van der Waals surface area contributed by atoms with Crippen LogP contribution in [-0.2, 0) is 0 Å². The monoisotopic (exact) mass is 440 g/mol. The average molecular weight is 441 g/mol. The van der Waals surface area contributed by atoms with Gasteiger partial charge in [0, 0.05) is 55.5 Å². The number of carbonyl (C=O) groups is 1. The number of aromatic amines is 1. The van der Waals surface area contributed by atoms with Crippen LogP contribution >= 0.6 is 11.6 Å². The largest absolute Gasteiger partial charge is 0.417 e. The first-order chi connectivity index (χ1) is 15.0. The van der Waals surface area contributed by atoms with Gasteiger partial charge in [0.1, 0.15) is 0 Å². The van der Waals surface area contributed by atoms with Crippen molar-refractivity contribution < 1.29 is 9.21 Å². The maximum absolute atomic E-state index is 12.3. The molecule has 1 aliphatic rings. The number of rotatable bonds is 6. The zero-order valence-electron chi connectivity index (χ0n) is 17.4. The lowest BCUT2D eigenvalue weighted by molar-refractivity contribution is 0.0958. The summed E-state index contributed by atoms with van der Waals surface area (Å²) in [5.74, 6) is -0.724. The fourth-order valence-electron chi connectivity index (χ4n) is 3.75. The number of halogens is 1. The summed E-state index contributed by atoms with van der Waals surface area (Å²) in [6.45, 7) is 7.29. The first-order valence-corrected chi connectivity index (χ1v) is 10.7. The Balaban J connectivity index is 1.21. The third-order valence-electron chi connectivity index (χ3n) is 5.48. The van der Waals surface area contributed by atoms with Crippen LogP contribution in [0.4, 0.5) is 5.69 Å². The Morgan fingerprint density at radius 3 is 2.77 bits per heavy atom. The van der Waals surface area contributed by atoms with Gasteiger partial charge in [-0.05, 0) is 42.8 Å². The fraction of sp³-hybridized carbons (Fsp3) is 0.304. The van der Waals surface area contributed by atoms with Gasteiger partial charge in [-0.25, -0.2) is 4.79 Å². The quantitative estimate of drug-likeness (QED) is 0.575. The van der Waals surface area contributed by atoms with E-state index < -0.39 is 5.76 Å². The Kier molecular flexibility index (Phi) is 6.44. The van der Waals surface area contributed by atoms with E-state index in [-0.39, 0.29) is 5.91 Å². The van der Waals surface area contributed by atoms with Crippen molar-refractivity contribution in [2.75, 3.05) is 44.2 Å². The van der Waals surface area contributed by atoms with E-state index in [1.54, 1.807) is 18.2 Å². The van der Waals surface area contributed by atoms with Crippen molar-refractivity contribution in [1.29, 1.82) is 0 Å². The van der Waals surface area contributed by atoms with Gasteiger partial charge in [-0.2, -0.15) is 0 Å². The van der Waals surface area contributed by atoms with E-state index >= 15 is 0 Å². The van der Waals surface area contributed by atoms with Crippen molar-refractivity contribution in [2.45, 2.75) is 6.92 Å². The molecule has 4 rings (SSSR count). The molecule has 0 bridgehead atoms. The molecule has 0 spiro atoms. The van der Waals surface area contributed by atoms with Gasteiger partial charge in [-0.15, -0.1) is 0 Å². The second-order valence-corrected chi connectivity index (χ2v) is 8.06. The standard InChI is InChI=1S/C23H25ClN4O3/c1-16-4-6-18(24)15-20(16)28-12-10-27(11-13-28)9-3-2-8-25-22(29)17-5-7-21-19(14-17)26-23(30)31-21/h2-7,14-15H,8-13H2,1H3,(H,25,29)(H,26,30)/b3-2-. The van der Waals surface area contributed by atoms with Crippen LogP contribution in [0.2, 0.25) is 5.02 Å². The van der Waals surface area contributed by atoms with Crippen LogP contribution in [0, 0.1) is 6.92 Å². The first kappa shape index (κ1) is 21.2. The SMILES string of the molecule is Cc1ccc(Cl)cc1N1CCN(C/C=C\CNC(=O)c2ccc3oc(=O)[nH]c3c2)CC1. The summed E-state index contributed by atoms with van der Waals surface area (Å²) >= 11 is 6.16. The molecule has 3 aromatic rings. The summed E-state index contributed by atoms with van der Waals surface area (Å²) in [7, 11) is 0. The molecule has 2 aromatic carbocycles. The van der Waals surface area contributed by atoms with Crippen LogP contribution in [0.25, 0.3) is 11.1 Å². The lowest BCUT2D eigenvalue weighted by atomic mass is 10.1. The summed E-state index contributed by atoms with van der Waals surface area (Å²) in [5.41, 5.74) is 3.88. The van der Waals surface area contributed by atoms with Gasteiger partial charge >= 0.3 is 5.76 Å². The summed E-state index contributed by atoms with van der Waals surface area (Å²) in [4.78, 5) is 30.8. The predicted molar refractivity (Wildman–Crippen MR) is 123 cm³/mol. The molecule has 0 radical (unpaired) electrons. The van der Waals surface area contributed by atoms with E-state index in [0.29, 0.717) is 23.2 Å². The molecule has 1 fully saturated rings. The van der Waals surface area contributed by atoms with E-state index in [1.807, 2.05) is 18.2 Å². The van der Waals surface area contributed by atoms with Gasteiger partial charge < -0.3 is 14.6 Å². The number of hydrogen-bond acceptors (Lipinski definition) is 5. The van der Waals surface area contributed by atoms with Crippen LogP contribution in [0.3, 0.4) is 0 Å². The van der Waals surface area contributed by atoms with E-state index in [9.17, 15) is 9.59 Å². The molecular formula is C23H25ClN4O3. The molecule has 0 unspecified atom stereocenters. The van der Waals surface area contributed by atoms with E-state index in [2.05, 4.69) is 39.2 Å². The van der Waals surface area contributed by atoms with Gasteiger partial charge in [0.25, 0.3) is 5.91 Å². The van der Waals surface area contributed by atoms with Crippen molar-refractivity contribution in [2.24, 2.45) is 0 Å². The summed E-state index contributed by atoms with van der Waals surface area (Å²) in [5, 5.41) is 3.63. The maximum atomic E-state index is 12.3. The summed E-state index contributed by atoms with van der Waals surface area (Å²) < 4.78 is 4.95. The van der Waals surface area contributed by atoms with Crippen LogP contribution < -0.4 is 16.0 Å². The minimum Gasteiger partial charge on any atom is -0.408 e. The van der Waals surface area contributed by atoms with Gasteiger partial charge in [0.15, 0.2) is 5.58 Å². The first-order valence-electron chi connectivity index (χ1n) is 10.3. The molecule has 31 heavy (non-hydrogen) atoms. The second-order valence-electron chi connectivity index (χ2n) is 7.63. The Labute approximate surface area is 185 Å². The number of anilines is 1. The highest BCUT2D eigenvalue weighted by Gasteiger charge is 2.17. The van der Waals surface area contributed by atoms with Gasteiger partial charge in [0.2, 0.25) is 0 Å². The number of amides is 1. The zero-order valence-corrected chi connectivity index (χ0v) is 18.1. The molecule has 7 nitrogen and oxygen atoms in total. The highest BCUT2D eigenvalue weighted by Crippen LogP contribution is 2.25. The van der Waals surface area contributed by atoms with Crippen molar-refractivity contribution in [1.82, 2.24) is 15.2 Å². The Hall–Kier alpha value is -3.03. The number of piperazine rings is 1. The highest BCUT2D eigenvalue weighted by atomic mass is 35.5. The number of hydrogen-bond donors (Lipinski definition) is 2. The molecule has 2 heterocycles. The van der Waals surface area contributed by atoms with E-state index in [4.69, 9.17) is 16.0 Å². The third-order valence-corrected chi connectivity index (χ3v) is 5.71. The molecule has 8 heteroatoms. The number of oxazole rings is 1. The number of benzene rings is 2. The molecule has 162 valence electrons. The number of nitrogens with one attached hydrogen (secondary N) is 2. The van der Waals surface area contributed by atoms with Crippen LogP contribution in [-0.4, -0.2) is 55.1 Å². The topological polar surface area (TPSA) is 81.6 Å². The highest BCUT2D eigenvalue weighted by molar-refractivity contribution is 6.30. The molecule has 1 saturated heterocycles. The van der Waals surface area contributed by atoms with Gasteiger partial charge in [-0.3, -0.25) is 14.7 Å². The maximum Gasteiger partial charge on any atom is 0.417 e. The molecule has 0 saturated carbocycles. The van der Waals surface area contributed by atoms with Gasteiger partial charge in [-0.1, -0.05) is 29.8 Å². The molecular weight excluding hydrogens is 416 g/mol. The van der Waals surface area contributed by atoms with E-state index in [1.165, 1.54) is 11.3 Å². The molecule has 0 atom stereocenters. The molecule has 1 aliphatic heterocycles. The Morgan fingerprint density at radius 1 is 1.16 bits per heavy atom. The molecule has 1 amide bonds. The number of carbonyl (C=O) groups excluding carboxylic acids is 1. The minimum atomic E-state index is -0.529. The number of aryl methyl sites for hydroxylation is 1. The molecule has 2 N–H and O–H groups in total. The summed E-state index contributed by atoms with van der Waals surface area (Å²) in [6.07, 6.45) is 4.04. The van der Waals surface area contributed by atoms with Crippen LogP contribution in [0.15, 0.2) is 57.8 Å². The summed E-state index contributed by atoms with van der Waals surface area (Å²) in [6, 6.07) is 10.9. The van der Waals surface area contributed by atoms with Crippen molar-refractivity contribution in [3.63, 3.8) is 0 Å². The van der Waals surface area contributed by atoms with Crippen LogP contribution in [0.1, 0.15) is 15.9 Å². The van der Waals surface area contributed by atoms with Crippen molar-refractivity contribution in [3.8, 4) is 0 Å². The number of H-pyrrole nitrogens is 1. The van der Waals surface area contributed by atoms with Gasteiger partial charge in [0.05, 0.1) is 5.52 Å². The fourth-order valence-corrected chi connectivity index (χ4v) is 3.91. The normalized spacial score (nSPS) is 15.1. The number of nitrogens with zero attached hydrogens (tertiary/aromatic N) is 2. The average Bonchev–Trinajstić information content (AvgIpc) is 3.14.